The van der Waals surface area contributed by atoms with Crippen molar-refractivity contribution in [2.45, 2.75) is 56.4 Å². The van der Waals surface area contributed by atoms with Crippen molar-refractivity contribution in [1.82, 2.24) is 4.90 Å². The van der Waals surface area contributed by atoms with E-state index in [-0.39, 0.29) is 0 Å². The maximum Gasteiger partial charge on any atom is 0.354 e. The first kappa shape index (κ1) is 19.7. The van der Waals surface area contributed by atoms with Gasteiger partial charge in [0.05, 0.1) is 4.90 Å². The molecule has 1 atom stereocenters. The van der Waals surface area contributed by atoms with Gasteiger partial charge in [-0.15, -0.1) is 4.36 Å². The molecular formula is C23H28N4O2S. The quantitative estimate of drug-likeness (QED) is 0.772. The number of amides is 2. The van der Waals surface area contributed by atoms with Gasteiger partial charge in [-0.2, -0.15) is 0 Å². The van der Waals surface area contributed by atoms with E-state index in [1.54, 1.807) is 6.07 Å². The van der Waals surface area contributed by atoms with E-state index in [1.165, 1.54) is 27.8 Å². The smallest absolute Gasteiger partial charge is 0.305 e. The Balaban J connectivity index is 1.46. The van der Waals surface area contributed by atoms with Gasteiger partial charge in [-0.1, -0.05) is 12.1 Å². The number of fused-ring (bicyclic) bond motifs is 3. The lowest BCUT2D eigenvalue weighted by Crippen LogP contribution is -2.27. The predicted octanol–water partition coefficient (Wildman–Crippen LogP) is 3.58. The first-order valence-corrected chi connectivity index (χ1v) is 12.3. The van der Waals surface area contributed by atoms with Crippen molar-refractivity contribution in [2.24, 2.45) is 9.50 Å². The van der Waals surface area contributed by atoms with Gasteiger partial charge in [0.25, 0.3) is 0 Å². The second-order valence-electron chi connectivity index (χ2n) is 8.74. The average molecular weight is 425 g/mol. The van der Waals surface area contributed by atoms with Gasteiger partial charge in [0.1, 0.15) is 9.92 Å². The first-order chi connectivity index (χ1) is 14.4. The molecule has 0 radical (unpaired) electrons. The first-order valence-electron chi connectivity index (χ1n) is 10.7. The van der Waals surface area contributed by atoms with Gasteiger partial charge in [0, 0.05) is 18.8 Å². The van der Waals surface area contributed by atoms with E-state index in [1.807, 2.05) is 12.1 Å². The van der Waals surface area contributed by atoms with Crippen LogP contribution in [0.1, 0.15) is 46.2 Å². The molecule has 2 aliphatic carbocycles. The summed E-state index contributed by atoms with van der Waals surface area (Å²) in [6.45, 7) is 1.79. The van der Waals surface area contributed by atoms with Crippen LogP contribution in [0, 0.1) is 0 Å². The Morgan fingerprint density at radius 2 is 1.70 bits per heavy atom. The molecule has 2 aromatic carbocycles. The fourth-order valence-electron chi connectivity index (χ4n) is 5.13. The minimum Gasteiger partial charge on any atom is -0.305 e. The Hall–Kier alpha value is -2.22. The number of rotatable bonds is 2. The number of carbonyl (C=O) groups excluding carboxylic acids is 1. The molecule has 0 saturated carbocycles. The molecule has 0 saturated heterocycles. The van der Waals surface area contributed by atoms with Crippen LogP contribution >= 0.6 is 0 Å². The molecule has 2 amide bonds. The minimum absolute atomic E-state index is 0.412. The van der Waals surface area contributed by atoms with Crippen molar-refractivity contribution in [3.63, 3.8) is 0 Å². The van der Waals surface area contributed by atoms with Crippen molar-refractivity contribution in [3.8, 4) is 0 Å². The molecule has 7 heteroatoms. The summed E-state index contributed by atoms with van der Waals surface area (Å²) in [6.07, 6.45) is 7.22. The highest BCUT2D eigenvalue weighted by Crippen LogP contribution is 2.38. The summed E-state index contributed by atoms with van der Waals surface area (Å²) in [5.41, 5.74) is 8.35. The molecule has 6 nitrogen and oxygen atoms in total. The molecule has 0 spiro atoms. The number of nitrogens with one attached hydrogen (secondary N) is 1. The number of anilines is 1. The summed E-state index contributed by atoms with van der Waals surface area (Å²) in [7, 11) is -1.25. The second kappa shape index (κ2) is 7.48. The van der Waals surface area contributed by atoms with Gasteiger partial charge < -0.3 is 10.2 Å². The van der Waals surface area contributed by atoms with Gasteiger partial charge in [-0.25, -0.2) is 14.1 Å². The summed E-state index contributed by atoms with van der Waals surface area (Å²) in [5.74, 6) is 0. The summed E-state index contributed by atoms with van der Waals surface area (Å²) < 4.78 is 17.1. The van der Waals surface area contributed by atoms with Crippen molar-refractivity contribution in [1.29, 1.82) is 0 Å². The highest BCUT2D eigenvalue weighted by molar-refractivity contribution is 7.91. The molecule has 1 heterocycles. The molecule has 3 aliphatic rings. The van der Waals surface area contributed by atoms with Crippen LogP contribution < -0.4 is 10.5 Å². The fourth-order valence-corrected chi connectivity index (χ4v) is 6.10. The topological polar surface area (TPSA) is 87.8 Å². The normalized spacial score (nSPS) is 19.5. The number of urea groups is 1. The third-order valence-electron chi connectivity index (χ3n) is 6.64. The van der Waals surface area contributed by atoms with E-state index >= 15 is 0 Å². The summed E-state index contributed by atoms with van der Waals surface area (Å²) in [4.78, 5) is 15.4. The molecule has 0 aromatic heterocycles. The Morgan fingerprint density at radius 1 is 1.00 bits per heavy atom. The highest BCUT2D eigenvalue weighted by atomic mass is 32.2. The molecule has 0 fully saturated rings. The predicted molar refractivity (Wildman–Crippen MR) is 119 cm³/mol. The molecule has 2 aromatic rings. The molecule has 30 heavy (non-hydrogen) atoms. The molecule has 0 bridgehead atoms. The Morgan fingerprint density at radius 3 is 2.40 bits per heavy atom. The monoisotopic (exact) mass is 424 g/mol. The minimum atomic E-state index is -3.31. The van der Waals surface area contributed by atoms with Gasteiger partial charge >= 0.3 is 6.03 Å². The van der Waals surface area contributed by atoms with Crippen molar-refractivity contribution in [2.75, 3.05) is 18.9 Å². The fraction of sp³-hybridized carbons (Fsp3) is 0.435. The number of benzene rings is 2. The van der Waals surface area contributed by atoms with Crippen molar-refractivity contribution >= 4 is 21.6 Å². The van der Waals surface area contributed by atoms with Crippen LogP contribution in [0.25, 0.3) is 0 Å². The number of likely N-dealkylation sites (N-methyl/N-ethyl adjacent to an activating group) is 1. The highest BCUT2D eigenvalue weighted by Gasteiger charge is 2.25. The van der Waals surface area contributed by atoms with Gasteiger partial charge in [0.15, 0.2) is 0 Å². The second-order valence-corrected chi connectivity index (χ2v) is 10.5. The Bertz CT molecular complexity index is 1130. The molecule has 1 aliphatic heterocycles. The SMILES string of the molecule is CN1CCc2ccc([S@](N)(=O)=NC(=O)Nc3c4c(cc5c3CCC5)CCC4)cc2C1. The van der Waals surface area contributed by atoms with Crippen molar-refractivity contribution in [3.05, 3.63) is 57.6 Å². The third kappa shape index (κ3) is 3.55. The van der Waals surface area contributed by atoms with Gasteiger partial charge in [0.2, 0.25) is 0 Å². The van der Waals surface area contributed by atoms with Crippen LogP contribution in [0.15, 0.2) is 33.5 Å². The number of aryl methyl sites for hydroxylation is 2. The number of hydrogen-bond donors (Lipinski definition) is 2. The molecule has 0 unspecified atom stereocenters. The lowest BCUT2D eigenvalue weighted by Gasteiger charge is -2.25. The van der Waals surface area contributed by atoms with Crippen molar-refractivity contribution < 1.29 is 9.00 Å². The van der Waals surface area contributed by atoms with E-state index in [9.17, 15) is 9.00 Å². The Labute approximate surface area is 178 Å². The number of nitrogens with zero attached hydrogens (tertiary/aromatic N) is 2. The third-order valence-corrected chi connectivity index (χ3v) is 8.01. The molecule has 3 N–H and O–H groups in total. The number of nitrogens with two attached hydrogens (primary N) is 1. The van der Waals surface area contributed by atoms with Crippen LogP contribution in [-0.2, 0) is 48.6 Å². The number of carbonyl (C=O) groups is 1. The van der Waals surface area contributed by atoms with Gasteiger partial charge in [-0.3, -0.25) is 0 Å². The summed E-state index contributed by atoms with van der Waals surface area (Å²) in [6, 6.07) is 7.26. The molecule has 5 rings (SSSR count). The zero-order chi connectivity index (χ0) is 20.9. The summed E-state index contributed by atoms with van der Waals surface area (Å²) in [5, 5.41) is 9.04. The van der Waals surface area contributed by atoms with Crippen LogP contribution in [0.3, 0.4) is 0 Å². The van der Waals surface area contributed by atoms with E-state index in [2.05, 4.69) is 27.7 Å². The van der Waals surface area contributed by atoms with Crippen LogP contribution in [0.2, 0.25) is 0 Å². The maximum absolute atomic E-state index is 13.2. The Kier molecular flexibility index (Phi) is 4.92. The average Bonchev–Trinajstić information content (AvgIpc) is 3.36. The standard InChI is InChI=1S/C23H28N4O2S/c1-27-11-10-15-8-9-19(13-18(15)14-27)30(24,29)26-23(28)25-22-20-6-2-4-16(20)12-17-5-3-7-21(17)22/h8-9,12-13H,2-7,10-11,14H2,1H3,(H3,24,25,26,28,29)/t30-/m1/s1. The van der Waals surface area contributed by atoms with Gasteiger partial charge in [-0.05, 0) is 97.5 Å². The van der Waals surface area contributed by atoms with Crippen LogP contribution in [-0.4, -0.2) is 28.7 Å². The zero-order valence-corrected chi connectivity index (χ0v) is 18.2. The lowest BCUT2D eigenvalue weighted by molar-refractivity contribution is 0.260. The number of hydrogen-bond acceptors (Lipinski definition) is 3. The maximum atomic E-state index is 13.2. The van der Waals surface area contributed by atoms with Crippen LogP contribution in [0.4, 0.5) is 10.5 Å². The molecule has 158 valence electrons. The largest absolute Gasteiger partial charge is 0.354 e. The van der Waals surface area contributed by atoms with E-state index < -0.39 is 15.9 Å². The van der Waals surface area contributed by atoms with E-state index in [0.29, 0.717) is 4.90 Å². The van der Waals surface area contributed by atoms with E-state index in [4.69, 9.17) is 5.14 Å². The summed E-state index contributed by atoms with van der Waals surface area (Å²) >= 11 is 0. The molecular weight excluding hydrogens is 396 g/mol. The van der Waals surface area contributed by atoms with Crippen LogP contribution in [0.5, 0.6) is 0 Å². The zero-order valence-electron chi connectivity index (χ0n) is 17.4. The van der Waals surface area contributed by atoms with E-state index in [0.717, 1.165) is 69.3 Å². The lowest BCUT2D eigenvalue weighted by atomic mass is 9.99.